The van der Waals surface area contributed by atoms with Crippen molar-refractivity contribution in [1.29, 1.82) is 0 Å². The summed E-state index contributed by atoms with van der Waals surface area (Å²) < 4.78 is 16.0. The zero-order valence-corrected chi connectivity index (χ0v) is 26.3. The van der Waals surface area contributed by atoms with Gasteiger partial charge in [-0.05, 0) is 19.4 Å². The van der Waals surface area contributed by atoms with E-state index in [1.807, 2.05) is 6.07 Å². The largest absolute Gasteiger partial charge is 0.543 e. The van der Waals surface area contributed by atoms with E-state index >= 15 is 0 Å². The first-order valence-corrected chi connectivity index (χ1v) is 16.5. The standard InChI is InChI=1S/C25H24FN7O7S4/c1-25(2,22(38)39)40-31-15(13-10-42-23(27)28-13)18(34)30-16-19(35)33-17(21(36)37)11(8-41-20(16)33)9-43-24-29-12-7-32(6-4-26)5-3-14(12)44-24/h3,5,7,10,16,20H,4,6,8-9H2,1-2H3,(H4-,27,28,30,34,36,37,38,39)/b31-15-/t16?,20-/m0/s1. The molecule has 14 nitrogen and oxygen atoms in total. The maximum absolute atomic E-state index is 13.2. The highest BCUT2D eigenvalue weighted by Gasteiger charge is 2.53. The molecule has 3 aromatic heterocycles. The molecule has 19 heteroatoms. The van der Waals surface area contributed by atoms with Crippen molar-refractivity contribution in [3.8, 4) is 0 Å². The zero-order chi connectivity index (χ0) is 31.8. The van der Waals surface area contributed by atoms with Crippen molar-refractivity contribution in [2.75, 3.05) is 23.9 Å². The smallest absolute Gasteiger partial charge is 0.350 e. The maximum atomic E-state index is 13.2. The molecule has 44 heavy (non-hydrogen) atoms. The third-order valence-electron chi connectivity index (χ3n) is 6.47. The third kappa shape index (κ3) is 6.35. The second-order valence-electron chi connectivity index (χ2n) is 9.91. The lowest BCUT2D eigenvalue weighted by Crippen LogP contribution is -2.71. The van der Waals surface area contributed by atoms with Crippen molar-refractivity contribution in [2.24, 2.45) is 5.16 Å². The van der Waals surface area contributed by atoms with Gasteiger partial charge in [-0.25, -0.2) is 23.7 Å². The molecule has 2 atom stereocenters. The first kappa shape index (κ1) is 31.6. The van der Waals surface area contributed by atoms with Gasteiger partial charge >= 0.3 is 5.97 Å². The molecule has 232 valence electrons. The predicted molar refractivity (Wildman–Crippen MR) is 159 cm³/mol. The van der Waals surface area contributed by atoms with Crippen LogP contribution in [0.15, 0.2) is 44.6 Å². The number of nitrogen functional groups attached to an aromatic ring is 1. The Bertz CT molecular complexity index is 1720. The van der Waals surface area contributed by atoms with Gasteiger partial charge in [-0.2, -0.15) is 0 Å². The lowest BCUT2D eigenvalue weighted by Gasteiger charge is -2.50. The van der Waals surface area contributed by atoms with Gasteiger partial charge in [-0.1, -0.05) is 16.9 Å². The number of thiazole rings is 2. The van der Waals surface area contributed by atoms with Gasteiger partial charge in [-0.15, -0.1) is 34.4 Å². The number of nitrogens with two attached hydrogens (primary N) is 1. The first-order chi connectivity index (χ1) is 20.9. The molecule has 2 aliphatic heterocycles. The Balaban J connectivity index is 1.31. The molecular weight excluding hydrogens is 658 g/mol. The van der Waals surface area contributed by atoms with E-state index in [9.17, 15) is 33.8 Å². The van der Waals surface area contributed by atoms with Crippen molar-refractivity contribution < 1.29 is 43.2 Å². The molecule has 0 aliphatic carbocycles. The molecule has 2 aliphatic rings. The molecule has 0 bridgehead atoms. The number of pyridine rings is 1. The van der Waals surface area contributed by atoms with E-state index in [0.29, 0.717) is 15.4 Å². The average molecular weight is 682 g/mol. The number of anilines is 1. The van der Waals surface area contributed by atoms with Crippen molar-refractivity contribution >= 4 is 91.0 Å². The number of thioether (sulfide) groups is 2. The summed E-state index contributed by atoms with van der Waals surface area (Å²) in [6.45, 7) is 2.18. The summed E-state index contributed by atoms with van der Waals surface area (Å²) in [7, 11) is 0. The number of aromatic nitrogens is 3. The number of carbonyl (C=O) groups is 4. The van der Waals surface area contributed by atoms with E-state index in [2.05, 4.69) is 20.4 Å². The van der Waals surface area contributed by atoms with E-state index in [4.69, 9.17) is 10.6 Å². The summed E-state index contributed by atoms with van der Waals surface area (Å²) in [5.74, 6) is -3.93. The molecule has 1 unspecified atom stereocenters. The van der Waals surface area contributed by atoms with E-state index in [1.165, 1.54) is 54.1 Å². The maximum Gasteiger partial charge on any atom is 0.350 e. The zero-order valence-electron chi connectivity index (χ0n) is 23.0. The fraction of sp³-hybridized carbons (Fsp3) is 0.360. The third-order valence-corrected chi connectivity index (χ3v) is 10.7. The number of alkyl halides is 1. The Morgan fingerprint density at radius 1 is 1.39 bits per heavy atom. The number of hydrogen-bond donors (Lipinski definition) is 3. The Hall–Kier alpha value is -3.81. The number of β-lactam (4-membered cyclic amide) rings is 1. The molecule has 5 rings (SSSR count). The number of fused-ring (bicyclic) bond motifs is 2. The van der Waals surface area contributed by atoms with Gasteiger partial charge in [0, 0.05) is 23.0 Å². The van der Waals surface area contributed by atoms with Crippen LogP contribution < -0.4 is 20.7 Å². The average Bonchev–Trinajstić information content (AvgIpc) is 3.59. The monoisotopic (exact) mass is 681 g/mol. The Morgan fingerprint density at radius 2 is 2.16 bits per heavy atom. The topological polar surface area (TPSA) is 204 Å². The predicted octanol–water partition coefficient (Wildman–Crippen LogP) is 0.372. The molecule has 1 saturated heterocycles. The van der Waals surface area contributed by atoms with Gasteiger partial charge < -0.3 is 30.9 Å². The molecule has 0 aromatic carbocycles. The van der Waals surface area contributed by atoms with Crippen molar-refractivity contribution in [3.63, 3.8) is 0 Å². The summed E-state index contributed by atoms with van der Waals surface area (Å²) in [6.07, 6.45) is 3.51. The van der Waals surface area contributed by atoms with Crippen LogP contribution in [0.5, 0.6) is 0 Å². The molecule has 3 aromatic rings. The molecule has 1 fully saturated rings. The highest BCUT2D eigenvalue weighted by atomic mass is 32.2. The van der Waals surface area contributed by atoms with Gasteiger partial charge in [0.05, 0.1) is 16.4 Å². The van der Waals surface area contributed by atoms with Crippen LogP contribution in [-0.2, 0) is 30.6 Å². The van der Waals surface area contributed by atoms with Crippen LogP contribution in [0.3, 0.4) is 0 Å². The second-order valence-corrected chi connectivity index (χ2v) is 14.2. The SMILES string of the molecule is CC(C)(O/N=C(\C(=O)NC1C(=O)N2C(C(=O)[O-])=C(CSc3nc4c[n+](CCF)ccc4s3)CS[C@@H]12)c1csc(N)n1)C(=O)O. The minimum absolute atomic E-state index is 0.00725. The molecular formula is C25H24FN7O7S4. The number of amides is 2. The van der Waals surface area contributed by atoms with Crippen LogP contribution >= 0.6 is 46.2 Å². The van der Waals surface area contributed by atoms with Gasteiger partial charge in [0.1, 0.15) is 29.3 Å². The summed E-state index contributed by atoms with van der Waals surface area (Å²) in [6, 6.07) is 0.732. The Labute approximate surface area is 265 Å². The number of carbonyl (C=O) groups excluding carboxylic acids is 3. The quantitative estimate of drug-likeness (QED) is 0.0780. The van der Waals surface area contributed by atoms with Gasteiger partial charge in [-0.3, -0.25) is 14.5 Å². The number of carboxylic acid groups (broad SMARTS) is 2. The minimum atomic E-state index is -1.78. The number of nitrogens with one attached hydrogen (secondary N) is 1. The first-order valence-electron chi connectivity index (χ1n) is 12.8. The Kier molecular flexibility index (Phi) is 9.10. The molecule has 0 spiro atoms. The molecule has 5 heterocycles. The van der Waals surface area contributed by atoms with E-state index in [0.717, 1.165) is 20.9 Å². The number of carboxylic acids is 2. The second kappa shape index (κ2) is 12.7. The molecule has 0 radical (unpaired) electrons. The van der Waals surface area contributed by atoms with E-state index in [1.54, 1.807) is 17.0 Å². The number of oxime groups is 1. The van der Waals surface area contributed by atoms with Crippen LogP contribution in [0, 0.1) is 0 Å². The van der Waals surface area contributed by atoms with Gasteiger partial charge in [0.2, 0.25) is 5.60 Å². The number of rotatable bonds is 12. The normalized spacial score (nSPS) is 18.7. The van der Waals surface area contributed by atoms with Crippen LogP contribution in [0.25, 0.3) is 10.2 Å². The Morgan fingerprint density at radius 3 is 2.82 bits per heavy atom. The lowest BCUT2D eigenvalue weighted by molar-refractivity contribution is -0.695. The van der Waals surface area contributed by atoms with Crippen LogP contribution in [0.4, 0.5) is 9.52 Å². The molecule has 4 N–H and O–H groups in total. The summed E-state index contributed by atoms with van der Waals surface area (Å²) >= 11 is 5.01. The van der Waals surface area contributed by atoms with Gasteiger partial charge in [0.25, 0.3) is 11.8 Å². The van der Waals surface area contributed by atoms with Crippen molar-refractivity contribution in [3.05, 3.63) is 40.8 Å². The van der Waals surface area contributed by atoms with Crippen LogP contribution in [0.2, 0.25) is 0 Å². The molecule has 0 saturated carbocycles. The van der Waals surface area contributed by atoms with E-state index in [-0.39, 0.29) is 34.6 Å². The van der Waals surface area contributed by atoms with Crippen LogP contribution in [-0.4, -0.2) is 84.6 Å². The van der Waals surface area contributed by atoms with Crippen molar-refractivity contribution in [1.82, 2.24) is 20.2 Å². The van der Waals surface area contributed by atoms with Crippen LogP contribution in [0.1, 0.15) is 19.5 Å². The van der Waals surface area contributed by atoms with Crippen molar-refractivity contribution in [2.45, 2.75) is 41.7 Å². The fourth-order valence-corrected chi connectivity index (χ4v) is 8.21. The summed E-state index contributed by atoms with van der Waals surface area (Å²) in [5, 5.41) is 28.6. The highest BCUT2D eigenvalue weighted by molar-refractivity contribution is 8.02. The number of halogens is 1. The van der Waals surface area contributed by atoms with E-state index < -0.39 is 53.2 Å². The number of aryl methyl sites for hydroxylation is 1. The summed E-state index contributed by atoms with van der Waals surface area (Å²) in [5.41, 5.74) is 4.41. The fourth-order valence-electron chi connectivity index (χ4n) is 4.14. The number of nitrogens with zero attached hydrogens (tertiary/aromatic N) is 5. The minimum Gasteiger partial charge on any atom is -0.543 e. The number of hydrogen-bond acceptors (Lipinski definition) is 14. The molecule has 2 amide bonds. The highest BCUT2D eigenvalue weighted by Crippen LogP contribution is 2.42. The lowest BCUT2D eigenvalue weighted by atomic mass is 10.0. The number of aliphatic carboxylic acids is 2. The van der Waals surface area contributed by atoms with Gasteiger partial charge in [0.15, 0.2) is 34.1 Å². The summed E-state index contributed by atoms with van der Waals surface area (Å²) in [4.78, 5) is 64.8.